The van der Waals surface area contributed by atoms with Gasteiger partial charge in [-0.15, -0.1) is 0 Å². The number of hydrogen-bond donors (Lipinski definition) is 2. The van der Waals surface area contributed by atoms with Crippen LogP contribution in [-0.2, 0) is 14.8 Å². The van der Waals surface area contributed by atoms with Gasteiger partial charge in [-0.1, -0.05) is 23.2 Å². The second-order valence-electron chi connectivity index (χ2n) is 5.17. The standard InChI is InChI=1S/C16H14Cl2FNO5S/c17-10-3-5-14(12(18)8-10)20-26(23,24)11-4-6-15(13(19)9-11)25-7-1-2-16(21)22/h3-6,8-9,20H,1-2,7H2,(H,21,22). The second-order valence-corrected chi connectivity index (χ2v) is 7.69. The van der Waals surface area contributed by atoms with Gasteiger partial charge in [-0.3, -0.25) is 9.52 Å². The van der Waals surface area contributed by atoms with Gasteiger partial charge in [0.2, 0.25) is 0 Å². The summed E-state index contributed by atoms with van der Waals surface area (Å²) in [5, 5.41) is 8.97. The molecule has 0 spiro atoms. The monoisotopic (exact) mass is 421 g/mol. The van der Waals surface area contributed by atoms with Crippen LogP contribution in [0.15, 0.2) is 41.3 Å². The molecule has 0 saturated heterocycles. The number of anilines is 1. The molecule has 0 saturated carbocycles. The van der Waals surface area contributed by atoms with E-state index in [2.05, 4.69) is 4.72 Å². The maximum atomic E-state index is 14.1. The molecule has 0 aliphatic heterocycles. The van der Waals surface area contributed by atoms with E-state index in [1.165, 1.54) is 24.3 Å². The summed E-state index contributed by atoms with van der Waals surface area (Å²) in [5.74, 6) is -2.04. The van der Waals surface area contributed by atoms with E-state index in [0.29, 0.717) is 5.02 Å². The molecule has 0 bridgehead atoms. The van der Waals surface area contributed by atoms with Gasteiger partial charge in [0.15, 0.2) is 11.6 Å². The van der Waals surface area contributed by atoms with Crippen LogP contribution in [-0.4, -0.2) is 26.1 Å². The summed E-state index contributed by atoms with van der Waals surface area (Å²) in [4.78, 5) is 10.1. The molecule has 10 heteroatoms. The average molecular weight is 422 g/mol. The number of aliphatic carboxylic acids is 1. The predicted molar refractivity (Wildman–Crippen MR) is 96.0 cm³/mol. The summed E-state index contributed by atoms with van der Waals surface area (Å²) in [7, 11) is -4.08. The van der Waals surface area contributed by atoms with Crippen LogP contribution in [0, 0.1) is 5.82 Å². The first kappa shape index (κ1) is 20.3. The first-order valence-electron chi connectivity index (χ1n) is 7.31. The van der Waals surface area contributed by atoms with Crippen molar-refractivity contribution in [3.63, 3.8) is 0 Å². The quantitative estimate of drug-likeness (QED) is 0.623. The molecule has 0 aliphatic rings. The molecule has 2 N–H and O–H groups in total. The van der Waals surface area contributed by atoms with Gasteiger partial charge in [0.05, 0.1) is 22.2 Å². The van der Waals surface area contributed by atoms with E-state index in [1.807, 2.05) is 0 Å². The van der Waals surface area contributed by atoms with Crippen LogP contribution in [0.1, 0.15) is 12.8 Å². The zero-order valence-corrected chi connectivity index (χ0v) is 15.5. The number of ether oxygens (including phenoxy) is 1. The molecule has 0 atom stereocenters. The van der Waals surface area contributed by atoms with Crippen LogP contribution >= 0.6 is 23.2 Å². The van der Waals surface area contributed by atoms with Crippen LogP contribution in [0.4, 0.5) is 10.1 Å². The third kappa shape index (κ3) is 5.48. The Hall–Kier alpha value is -2.03. The summed E-state index contributed by atoms with van der Waals surface area (Å²) in [6.07, 6.45) is 0.0886. The first-order valence-corrected chi connectivity index (χ1v) is 9.55. The Balaban J connectivity index is 2.12. The van der Waals surface area contributed by atoms with Crippen LogP contribution in [0.25, 0.3) is 0 Å². The van der Waals surface area contributed by atoms with Gasteiger partial charge in [-0.05, 0) is 42.8 Å². The fourth-order valence-electron chi connectivity index (χ4n) is 1.95. The summed E-state index contributed by atoms with van der Waals surface area (Å²) >= 11 is 11.7. The smallest absolute Gasteiger partial charge is 0.303 e. The van der Waals surface area contributed by atoms with Gasteiger partial charge in [0.25, 0.3) is 10.0 Å². The van der Waals surface area contributed by atoms with Gasteiger partial charge < -0.3 is 9.84 Å². The molecular formula is C16H14Cl2FNO5S. The van der Waals surface area contributed by atoms with Crippen molar-refractivity contribution in [2.24, 2.45) is 0 Å². The van der Waals surface area contributed by atoms with E-state index in [1.54, 1.807) is 0 Å². The van der Waals surface area contributed by atoms with E-state index in [-0.39, 0.29) is 40.8 Å². The van der Waals surface area contributed by atoms with Crippen molar-refractivity contribution in [1.82, 2.24) is 0 Å². The first-order chi connectivity index (χ1) is 12.2. The number of sulfonamides is 1. The van der Waals surface area contributed by atoms with Crippen molar-refractivity contribution in [2.45, 2.75) is 17.7 Å². The normalized spacial score (nSPS) is 11.2. The minimum atomic E-state index is -4.08. The summed E-state index contributed by atoms with van der Waals surface area (Å²) in [6, 6.07) is 7.35. The summed E-state index contributed by atoms with van der Waals surface area (Å²) in [5.41, 5.74) is 0.102. The molecule has 6 nitrogen and oxygen atoms in total. The number of nitrogens with one attached hydrogen (secondary N) is 1. The van der Waals surface area contributed by atoms with Gasteiger partial charge in [0, 0.05) is 11.4 Å². The molecule has 0 amide bonds. The summed E-state index contributed by atoms with van der Waals surface area (Å²) < 4.78 is 46.2. The molecule has 2 rings (SSSR count). The van der Waals surface area contributed by atoms with Crippen molar-refractivity contribution in [3.8, 4) is 5.75 Å². The maximum absolute atomic E-state index is 14.1. The molecule has 0 aromatic heterocycles. The van der Waals surface area contributed by atoms with Gasteiger partial charge in [-0.2, -0.15) is 0 Å². The molecule has 0 aliphatic carbocycles. The number of benzene rings is 2. The lowest BCUT2D eigenvalue weighted by Gasteiger charge is -2.11. The zero-order chi connectivity index (χ0) is 19.3. The molecule has 0 radical (unpaired) electrons. The van der Waals surface area contributed by atoms with Crippen molar-refractivity contribution >= 4 is 44.9 Å². The van der Waals surface area contributed by atoms with Crippen LogP contribution in [0.2, 0.25) is 10.0 Å². The Morgan fingerprint density at radius 3 is 2.54 bits per heavy atom. The lowest BCUT2D eigenvalue weighted by atomic mass is 10.3. The molecular weight excluding hydrogens is 408 g/mol. The molecule has 0 unspecified atom stereocenters. The zero-order valence-electron chi connectivity index (χ0n) is 13.2. The van der Waals surface area contributed by atoms with Crippen molar-refractivity contribution in [1.29, 1.82) is 0 Å². The lowest BCUT2D eigenvalue weighted by Crippen LogP contribution is -2.13. The van der Waals surface area contributed by atoms with Gasteiger partial charge in [-0.25, -0.2) is 12.8 Å². The minimum Gasteiger partial charge on any atom is -0.491 e. The second kappa shape index (κ2) is 8.57. The largest absolute Gasteiger partial charge is 0.491 e. The Kier molecular flexibility index (Phi) is 6.69. The highest BCUT2D eigenvalue weighted by atomic mass is 35.5. The minimum absolute atomic E-state index is 0.00600. The number of carboxylic acids is 1. The van der Waals surface area contributed by atoms with E-state index < -0.39 is 21.8 Å². The highest BCUT2D eigenvalue weighted by Crippen LogP contribution is 2.28. The Bertz CT molecular complexity index is 921. The number of hydrogen-bond acceptors (Lipinski definition) is 4. The van der Waals surface area contributed by atoms with Crippen molar-refractivity contribution in [2.75, 3.05) is 11.3 Å². The fraction of sp³-hybridized carbons (Fsp3) is 0.188. The van der Waals surface area contributed by atoms with Crippen LogP contribution < -0.4 is 9.46 Å². The molecule has 2 aromatic carbocycles. The van der Waals surface area contributed by atoms with E-state index in [9.17, 15) is 17.6 Å². The Morgan fingerprint density at radius 2 is 1.92 bits per heavy atom. The highest BCUT2D eigenvalue weighted by molar-refractivity contribution is 7.92. The molecule has 26 heavy (non-hydrogen) atoms. The molecule has 0 heterocycles. The SMILES string of the molecule is O=C(O)CCCOc1ccc(S(=O)(=O)Nc2ccc(Cl)cc2Cl)cc1F. The Labute approximate surface area is 159 Å². The average Bonchev–Trinajstić information content (AvgIpc) is 2.55. The van der Waals surface area contributed by atoms with Crippen LogP contribution in [0.5, 0.6) is 5.75 Å². The molecule has 2 aromatic rings. The van der Waals surface area contributed by atoms with Crippen LogP contribution in [0.3, 0.4) is 0 Å². The van der Waals surface area contributed by atoms with E-state index in [4.69, 9.17) is 33.0 Å². The number of rotatable bonds is 8. The van der Waals surface area contributed by atoms with E-state index >= 15 is 0 Å². The summed E-state index contributed by atoms with van der Waals surface area (Å²) in [6.45, 7) is -0.00600. The third-order valence-corrected chi connectivity index (χ3v) is 5.09. The number of carbonyl (C=O) groups is 1. The van der Waals surface area contributed by atoms with Crippen molar-refractivity contribution < 1.29 is 27.4 Å². The third-order valence-electron chi connectivity index (χ3n) is 3.18. The maximum Gasteiger partial charge on any atom is 0.303 e. The predicted octanol–water partition coefficient (Wildman–Crippen LogP) is 4.18. The molecule has 0 fully saturated rings. The van der Waals surface area contributed by atoms with Gasteiger partial charge in [0.1, 0.15) is 0 Å². The van der Waals surface area contributed by atoms with Crippen molar-refractivity contribution in [3.05, 3.63) is 52.3 Å². The lowest BCUT2D eigenvalue weighted by molar-refractivity contribution is -0.137. The van der Waals surface area contributed by atoms with Gasteiger partial charge >= 0.3 is 5.97 Å². The highest BCUT2D eigenvalue weighted by Gasteiger charge is 2.18. The Morgan fingerprint density at radius 1 is 1.19 bits per heavy atom. The topological polar surface area (TPSA) is 92.7 Å². The molecule has 140 valence electrons. The fourth-order valence-corrected chi connectivity index (χ4v) is 3.55. The number of halogens is 3. The van der Waals surface area contributed by atoms with E-state index in [0.717, 1.165) is 12.1 Å². The number of carboxylic acid groups (broad SMARTS) is 1.